The quantitative estimate of drug-likeness (QED) is 0.808. The SMILES string of the molecule is CCc1ncccc1C1(NC)CCCNC1. The lowest BCUT2D eigenvalue weighted by Gasteiger charge is -2.39. The molecule has 1 aliphatic rings. The number of rotatable bonds is 3. The molecule has 1 atom stereocenters. The van der Waals surface area contributed by atoms with Crippen molar-refractivity contribution in [2.75, 3.05) is 20.1 Å². The molecule has 3 heteroatoms. The third kappa shape index (κ3) is 1.97. The molecule has 1 unspecified atom stereocenters. The van der Waals surface area contributed by atoms with Gasteiger partial charge in [-0.3, -0.25) is 4.98 Å². The molecular weight excluding hydrogens is 198 g/mol. The van der Waals surface area contributed by atoms with Crippen LogP contribution in [0.5, 0.6) is 0 Å². The molecule has 0 aliphatic carbocycles. The van der Waals surface area contributed by atoms with Crippen LogP contribution in [0.3, 0.4) is 0 Å². The molecule has 1 fully saturated rings. The van der Waals surface area contributed by atoms with Crippen LogP contribution in [0.1, 0.15) is 31.0 Å². The number of pyridine rings is 1. The van der Waals surface area contributed by atoms with Gasteiger partial charge in [-0.1, -0.05) is 13.0 Å². The van der Waals surface area contributed by atoms with Crippen LogP contribution in [-0.2, 0) is 12.0 Å². The Morgan fingerprint density at radius 3 is 3.06 bits per heavy atom. The maximum atomic E-state index is 4.50. The van der Waals surface area contributed by atoms with E-state index < -0.39 is 0 Å². The van der Waals surface area contributed by atoms with Crippen molar-refractivity contribution in [2.45, 2.75) is 31.7 Å². The van der Waals surface area contributed by atoms with Crippen molar-refractivity contribution in [3.8, 4) is 0 Å². The van der Waals surface area contributed by atoms with Gasteiger partial charge in [0.1, 0.15) is 0 Å². The lowest BCUT2D eigenvalue weighted by atomic mass is 9.82. The number of aromatic nitrogens is 1. The summed E-state index contributed by atoms with van der Waals surface area (Å²) in [5, 5.41) is 6.99. The Hall–Kier alpha value is -0.930. The monoisotopic (exact) mass is 219 g/mol. The minimum absolute atomic E-state index is 0.0812. The van der Waals surface area contributed by atoms with Crippen LogP contribution in [0.15, 0.2) is 18.3 Å². The first kappa shape index (κ1) is 11.6. The molecule has 3 nitrogen and oxygen atoms in total. The second-order valence-electron chi connectivity index (χ2n) is 4.46. The number of likely N-dealkylation sites (N-methyl/N-ethyl adjacent to an activating group) is 1. The van der Waals surface area contributed by atoms with E-state index in [2.05, 4.69) is 35.7 Å². The van der Waals surface area contributed by atoms with Gasteiger partial charge in [0.25, 0.3) is 0 Å². The van der Waals surface area contributed by atoms with E-state index in [1.54, 1.807) is 0 Å². The molecular formula is C13H21N3. The van der Waals surface area contributed by atoms with Gasteiger partial charge in [0, 0.05) is 18.4 Å². The Bertz CT molecular complexity index is 343. The fourth-order valence-electron chi connectivity index (χ4n) is 2.64. The molecule has 2 heterocycles. The highest BCUT2D eigenvalue weighted by Gasteiger charge is 2.33. The highest BCUT2D eigenvalue weighted by Crippen LogP contribution is 2.29. The molecule has 1 aromatic rings. The number of piperidine rings is 1. The van der Waals surface area contributed by atoms with Crippen LogP contribution in [-0.4, -0.2) is 25.1 Å². The number of nitrogens with zero attached hydrogens (tertiary/aromatic N) is 1. The van der Waals surface area contributed by atoms with E-state index in [1.807, 2.05) is 12.3 Å². The Balaban J connectivity index is 2.38. The summed E-state index contributed by atoms with van der Waals surface area (Å²) < 4.78 is 0. The molecule has 0 amide bonds. The first-order valence-electron chi connectivity index (χ1n) is 6.16. The van der Waals surface area contributed by atoms with E-state index in [4.69, 9.17) is 0 Å². The van der Waals surface area contributed by atoms with Crippen LogP contribution >= 0.6 is 0 Å². The van der Waals surface area contributed by atoms with Crippen LogP contribution in [0.2, 0.25) is 0 Å². The van der Waals surface area contributed by atoms with Crippen LogP contribution in [0.4, 0.5) is 0 Å². The van der Waals surface area contributed by atoms with Crippen molar-refractivity contribution in [1.82, 2.24) is 15.6 Å². The van der Waals surface area contributed by atoms with Gasteiger partial charge in [0.05, 0.1) is 5.54 Å². The summed E-state index contributed by atoms with van der Waals surface area (Å²) in [7, 11) is 2.06. The van der Waals surface area contributed by atoms with Crippen LogP contribution in [0.25, 0.3) is 0 Å². The summed E-state index contributed by atoms with van der Waals surface area (Å²) in [6.45, 7) is 4.30. The smallest absolute Gasteiger partial charge is 0.0577 e. The minimum Gasteiger partial charge on any atom is -0.315 e. The van der Waals surface area contributed by atoms with Gasteiger partial charge in [-0.15, -0.1) is 0 Å². The molecule has 0 aromatic carbocycles. The fraction of sp³-hybridized carbons (Fsp3) is 0.615. The van der Waals surface area contributed by atoms with Crippen LogP contribution < -0.4 is 10.6 Å². The standard InChI is InChI=1S/C13H21N3/c1-3-12-11(6-4-9-16-12)13(14-2)7-5-8-15-10-13/h4,6,9,14-15H,3,5,7-8,10H2,1-2H3. The second-order valence-corrected chi connectivity index (χ2v) is 4.46. The molecule has 1 aromatic heterocycles. The predicted molar refractivity (Wildman–Crippen MR) is 66.5 cm³/mol. The maximum Gasteiger partial charge on any atom is 0.0577 e. The largest absolute Gasteiger partial charge is 0.315 e. The Morgan fingerprint density at radius 2 is 2.44 bits per heavy atom. The average Bonchev–Trinajstić information content (AvgIpc) is 2.39. The van der Waals surface area contributed by atoms with Crippen molar-refractivity contribution in [2.24, 2.45) is 0 Å². The molecule has 1 aliphatic heterocycles. The lowest BCUT2D eigenvalue weighted by Crippen LogP contribution is -2.52. The van der Waals surface area contributed by atoms with Crippen molar-refractivity contribution >= 4 is 0 Å². The molecule has 0 saturated carbocycles. The zero-order valence-electron chi connectivity index (χ0n) is 10.2. The molecule has 2 N–H and O–H groups in total. The van der Waals surface area contributed by atoms with E-state index in [9.17, 15) is 0 Å². The molecule has 0 spiro atoms. The fourth-order valence-corrected chi connectivity index (χ4v) is 2.64. The first-order valence-corrected chi connectivity index (χ1v) is 6.16. The zero-order valence-corrected chi connectivity index (χ0v) is 10.2. The number of hydrogen-bond acceptors (Lipinski definition) is 3. The van der Waals surface area contributed by atoms with Gasteiger partial charge >= 0.3 is 0 Å². The predicted octanol–water partition coefficient (Wildman–Crippen LogP) is 1.44. The summed E-state index contributed by atoms with van der Waals surface area (Å²) in [6.07, 6.45) is 5.30. The van der Waals surface area contributed by atoms with E-state index in [-0.39, 0.29) is 5.54 Å². The summed E-state index contributed by atoms with van der Waals surface area (Å²) in [5.74, 6) is 0. The van der Waals surface area contributed by atoms with Gasteiger partial charge in [-0.2, -0.15) is 0 Å². The molecule has 16 heavy (non-hydrogen) atoms. The van der Waals surface area contributed by atoms with Gasteiger partial charge in [0.15, 0.2) is 0 Å². The third-order valence-corrected chi connectivity index (χ3v) is 3.60. The minimum atomic E-state index is 0.0812. The Labute approximate surface area is 97.7 Å². The second kappa shape index (κ2) is 4.93. The highest BCUT2D eigenvalue weighted by molar-refractivity contribution is 5.30. The summed E-state index contributed by atoms with van der Waals surface area (Å²) in [6, 6.07) is 4.26. The van der Waals surface area contributed by atoms with E-state index in [0.717, 1.165) is 19.5 Å². The van der Waals surface area contributed by atoms with Gasteiger partial charge < -0.3 is 10.6 Å². The van der Waals surface area contributed by atoms with Crippen molar-refractivity contribution < 1.29 is 0 Å². The number of aryl methyl sites for hydroxylation is 1. The Morgan fingerprint density at radius 1 is 1.56 bits per heavy atom. The average molecular weight is 219 g/mol. The lowest BCUT2D eigenvalue weighted by molar-refractivity contribution is 0.266. The normalized spacial score (nSPS) is 25.6. The molecule has 0 radical (unpaired) electrons. The van der Waals surface area contributed by atoms with E-state index in [1.165, 1.54) is 24.1 Å². The molecule has 0 bridgehead atoms. The van der Waals surface area contributed by atoms with Crippen molar-refractivity contribution in [1.29, 1.82) is 0 Å². The van der Waals surface area contributed by atoms with Gasteiger partial charge in [-0.05, 0) is 44.5 Å². The maximum absolute atomic E-state index is 4.50. The van der Waals surface area contributed by atoms with Crippen molar-refractivity contribution in [3.63, 3.8) is 0 Å². The summed E-state index contributed by atoms with van der Waals surface area (Å²) in [5.41, 5.74) is 2.67. The summed E-state index contributed by atoms with van der Waals surface area (Å²) >= 11 is 0. The third-order valence-electron chi connectivity index (χ3n) is 3.60. The van der Waals surface area contributed by atoms with Crippen LogP contribution in [0, 0.1) is 0 Å². The zero-order chi connectivity index (χ0) is 11.4. The molecule has 2 rings (SSSR count). The van der Waals surface area contributed by atoms with Crippen molar-refractivity contribution in [3.05, 3.63) is 29.6 Å². The topological polar surface area (TPSA) is 37.0 Å². The number of nitrogens with one attached hydrogen (secondary N) is 2. The van der Waals surface area contributed by atoms with Gasteiger partial charge in [0.2, 0.25) is 0 Å². The molecule has 1 saturated heterocycles. The van der Waals surface area contributed by atoms with E-state index in [0.29, 0.717) is 0 Å². The van der Waals surface area contributed by atoms with Gasteiger partial charge in [-0.25, -0.2) is 0 Å². The summed E-state index contributed by atoms with van der Waals surface area (Å²) in [4.78, 5) is 4.50. The Kier molecular flexibility index (Phi) is 3.56. The van der Waals surface area contributed by atoms with E-state index >= 15 is 0 Å². The highest BCUT2D eigenvalue weighted by atomic mass is 15.0. The number of hydrogen-bond donors (Lipinski definition) is 2. The first-order chi connectivity index (χ1) is 7.82. The molecule has 88 valence electrons.